The highest BCUT2D eigenvalue weighted by Gasteiger charge is 2.34. The lowest BCUT2D eigenvalue weighted by atomic mass is 9.86. The highest BCUT2D eigenvalue weighted by Crippen LogP contribution is 2.38. The van der Waals surface area contributed by atoms with Gasteiger partial charge in [-0.1, -0.05) is 30.7 Å². The Labute approximate surface area is 211 Å². The molecule has 4 aromatic rings. The van der Waals surface area contributed by atoms with Crippen molar-refractivity contribution in [2.45, 2.75) is 30.7 Å². The van der Waals surface area contributed by atoms with Gasteiger partial charge in [-0.05, 0) is 47.9 Å². The lowest BCUT2D eigenvalue weighted by Crippen LogP contribution is -2.33. The van der Waals surface area contributed by atoms with E-state index in [2.05, 4.69) is 19.9 Å². The van der Waals surface area contributed by atoms with Crippen molar-refractivity contribution < 1.29 is 22.0 Å². The van der Waals surface area contributed by atoms with E-state index in [-0.39, 0.29) is 27.1 Å². The molecule has 0 saturated heterocycles. The maximum absolute atomic E-state index is 15.2. The number of hydrogen-bond acceptors (Lipinski definition) is 7. The summed E-state index contributed by atoms with van der Waals surface area (Å²) < 4.78 is 54.9. The van der Waals surface area contributed by atoms with Crippen molar-refractivity contribution in [1.82, 2.24) is 19.9 Å². The number of benzene rings is 2. The molecule has 2 heterocycles. The van der Waals surface area contributed by atoms with E-state index in [0.717, 1.165) is 11.1 Å². The van der Waals surface area contributed by atoms with Crippen LogP contribution in [0.25, 0.3) is 11.1 Å². The summed E-state index contributed by atoms with van der Waals surface area (Å²) >= 11 is 5.98. The molecule has 36 heavy (non-hydrogen) atoms. The van der Waals surface area contributed by atoms with Gasteiger partial charge >= 0.3 is 5.76 Å². The number of pyridine rings is 1. The van der Waals surface area contributed by atoms with Crippen molar-refractivity contribution in [3.63, 3.8) is 0 Å². The number of halogens is 2. The smallest absolute Gasteiger partial charge is 0.434 e. The Morgan fingerprint density at radius 2 is 2.00 bits per heavy atom. The van der Waals surface area contributed by atoms with Crippen molar-refractivity contribution in [3.05, 3.63) is 93.3 Å². The molecule has 0 amide bonds. The third-order valence-corrected chi connectivity index (χ3v) is 7.52. The molecule has 2 aromatic heterocycles. The van der Waals surface area contributed by atoms with Crippen LogP contribution < -0.4 is 15.2 Å². The van der Waals surface area contributed by atoms with Crippen LogP contribution in [0, 0.1) is 12.7 Å². The second-order valence-corrected chi connectivity index (χ2v) is 10.1. The molecular weight excluding hydrogens is 511 g/mol. The Morgan fingerprint density at radius 1 is 1.22 bits per heavy atom. The fourth-order valence-electron chi connectivity index (χ4n) is 4.09. The normalized spacial score (nSPS) is 13.4. The number of H-pyrrole nitrogens is 1. The van der Waals surface area contributed by atoms with Crippen molar-refractivity contribution in [3.8, 4) is 16.9 Å². The average molecular weight is 533 g/mol. The van der Waals surface area contributed by atoms with Crippen LogP contribution in [0.2, 0.25) is 5.02 Å². The summed E-state index contributed by atoms with van der Waals surface area (Å²) in [5.41, 5.74) is 2.27. The van der Waals surface area contributed by atoms with Gasteiger partial charge in [0, 0.05) is 35.0 Å². The van der Waals surface area contributed by atoms with Crippen LogP contribution in [-0.4, -0.2) is 30.7 Å². The molecule has 0 aliphatic carbocycles. The Kier molecular flexibility index (Phi) is 7.25. The molecule has 0 aliphatic heterocycles. The number of ether oxygens (including phenoxy) is 1. The fourth-order valence-corrected chi connectivity index (χ4v) is 5.67. The van der Waals surface area contributed by atoms with Gasteiger partial charge in [0.15, 0.2) is 0 Å². The number of methoxy groups -OCH3 is 1. The van der Waals surface area contributed by atoms with E-state index in [9.17, 15) is 13.2 Å². The topological polar surface area (TPSA) is 127 Å². The summed E-state index contributed by atoms with van der Waals surface area (Å²) in [7, 11) is -2.98. The summed E-state index contributed by atoms with van der Waals surface area (Å²) in [6.45, 7) is 3.34. The highest BCUT2D eigenvalue weighted by atomic mass is 35.5. The zero-order valence-electron chi connectivity index (χ0n) is 19.5. The molecule has 0 bridgehead atoms. The van der Waals surface area contributed by atoms with Gasteiger partial charge in [0.1, 0.15) is 22.5 Å². The third-order valence-electron chi connectivity index (χ3n) is 5.81. The third kappa shape index (κ3) is 5.03. The van der Waals surface area contributed by atoms with Crippen molar-refractivity contribution in [2.24, 2.45) is 0 Å². The first-order valence-electron chi connectivity index (χ1n) is 10.7. The van der Waals surface area contributed by atoms with Gasteiger partial charge in [-0.3, -0.25) is 4.98 Å². The van der Waals surface area contributed by atoms with Gasteiger partial charge in [-0.25, -0.2) is 22.7 Å². The SMILES string of the molecule is COc1cc(Cl)ccc1S(=O)(=O)N[C@H](c1n[nH]c(=O)o1)[C@H](C)c1c(F)ccc(-c2cccnc2)c1C. The maximum atomic E-state index is 15.2. The van der Waals surface area contributed by atoms with Gasteiger partial charge in [-0.15, -0.1) is 5.10 Å². The molecule has 0 fully saturated rings. The van der Waals surface area contributed by atoms with Crippen LogP contribution in [0.5, 0.6) is 5.75 Å². The molecule has 0 aliphatic rings. The van der Waals surface area contributed by atoms with Crippen LogP contribution in [-0.2, 0) is 10.0 Å². The zero-order chi connectivity index (χ0) is 26.0. The minimum atomic E-state index is -4.28. The van der Waals surface area contributed by atoms with Crippen molar-refractivity contribution in [2.75, 3.05) is 7.11 Å². The molecule has 9 nitrogen and oxygen atoms in total. The van der Waals surface area contributed by atoms with Gasteiger partial charge in [0.05, 0.1) is 7.11 Å². The van der Waals surface area contributed by atoms with E-state index in [4.69, 9.17) is 20.8 Å². The van der Waals surface area contributed by atoms with E-state index < -0.39 is 33.6 Å². The van der Waals surface area contributed by atoms with E-state index in [1.54, 1.807) is 38.4 Å². The van der Waals surface area contributed by atoms with E-state index in [1.807, 2.05) is 6.07 Å². The van der Waals surface area contributed by atoms with Crippen molar-refractivity contribution >= 4 is 21.6 Å². The quantitative estimate of drug-likeness (QED) is 0.345. The molecule has 4 rings (SSSR count). The first-order valence-corrected chi connectivity index (χ1v) is 12.6. The Morgan fingerprint density at radius 3 is 2.64 bits per heavy atom. The number of nitrogens with one attached hydrogen (secondary N) is 2. The second kappa shape index (κ2) is 10.2. The first kappa shape index (κ1) is 25.5. The number of aromatic amines is 1. The highest BCUT2D eigenvalue weighted by molar-refractivity contribution is 7.89. The van der Waals surface area contributed by atoms with E-state index in [1.165, 1.54) is 31.4 Å². The summed E-state index contributed by atoms with van der Waals surface area (Å²) in [4.78, 5) is 15.6. The molecule has 2 N–H and O–H groups in total. The molecule has 2 atom stereocenters. The lowest BCUT2D eigenvalue weighted by molar-refractivity contribution is 0.374. The largest absolute Gasteiger partial charge is 0.495 e. The fraction of sp³-hybridized carbons (Fsp3) is 0.208. The molecule has 188 valence electrons. The van der Waals surface area contributed by atoms with Crippen LogP contribution in [0.4, 0.5) is 4.39 Å². The number of hydrogen-bond donors (Lipinski definition) is 2. The second-order valence-electron chi connectivity index (χ2n) is 8.01. The number of rotatable bonds is 8. The summed E-state index contributed by atoms with van der Waals surface area (Å²) in [6, 6.07) is 9.29. The molecule has 0 unspecified atom stereocenters. The minimum Gasteiger partial charge on any atom is -0.495 e. The summed E-state index contributed by atoms with van der Waals surface area (Å²) in [5.74, 6) is -2.55. The van der Waals surface area contributed by atoms with Crippen LogP contribution in [0.15, 0.2) is 69.0 Å². The molecule has 0 spiro atoms. The van der Waals surface area contributed by atoms with Crippen LogP contribution >= 0.6 is 11.6 Å². The van der Waals surface area contributed by atoms with Crippen molar-refractivity contribution in [1.29, 1.82) is 0 Å². The maximum Gasteiger partial charge on any atom is 0.434 e. The molecule has 12 heteroatoms. The lowest BCUT2D eigenvalue weighted by Gasteiger charge is -2.25. The first-order chi connectivity index (χ1) is 17.1. The summed E-state index contributed by atoms with van der Waals surface area (Å²) in [5, 5.41) is 6.22. The van der Waals surface area contributed by atoms with E-state index >= 15 is 4.39 Å². The number of nitrogens with zero attached hydrogens (tertiary/aromatic N) is 2. The van der Waals surface area contributed by atoms with Gasteiger partial charge in [0.25, 0.3) is 0 Å². The Hall–Kier alpha value is -3.54. The molecule has 0 saturated carbocycles. The standard InChI is InChI=1S/C24H22ClFN4O5S/c1-13-17(15-5-4-10-27-12-15)7-8-18(26)21(13)14(2)22(23-28-29-24(31)35-23)30-36(32,33)20-9-6-16(25)11-19(20)34-3/h4-12,14,22,30H,1-3H3,(H,29,31)/t14-,22+/m1/s1. The van der Waals surface area contributed by atoms with Crippen LogP contribution in [0.1, 0.15) is 35.9 Å². The van der Waals surface area contributed by atoms with Crippen LogP contribution in [0.3, 0.4) is 0 Å². The predicted octanol–water partition coefficient (Wildman–Crippen LogP) is 4.36. The summed E-state index contributed by atoms with van der Waals surface area (Å²) in [6.07, 6.45) is 3.27. The molecular formula is C24H22ClFN4O5S. The Balaban J connectivity index is 1.82. The predicted molar refractivity (Wildman–Crippen MR) is 131 cm³/mol. The van der Waals surface area contributed by atoms with Gasteiger partial charge in [-0.2, -0.15) is 4.72 Å². The number of sulfonamides is 1. The average Bonchev–Trinajstić information content (AvgIpc) is 3.28. The van der Waals surface area contributed by atoms with Gasteiger partial charge < -0.3 is 9.15 Å². The zero-order valence-corrected chi connectivity index (χ0v) is 21.0. The molecule has 0 radical (unpaired) electrons. The Bertz CT molecular complexity index is 1560. The molecule has 2 aromatic carbocycles. The number of aromatic nitrogens is 3. The minimum absolute atomic E-state index is 0.00539. The van der Waals surface area contributed by atoms with Gasteiger partial charge in [0.2, 0.25) is 15.9 Å². The van der Waals surface area contributed by atoms with E-state index in [0.29, 0.717) is 5.56 Å². The monoisotopic (exact) mass is 532 g/mol.